The monoisotopic (exact) mass is 281 g/mol. The number of hydrogen-bond acceptors (Lipinski definition) is 4. The van der Waals surface area contributed by atoms with E-state index in [1.165, 1.54) is 6.26 Å². The van der Waals surface area contributed by atoms with Crippen LogP contribution in [0.15, 0.2) is 23.1 Å². The normalized spacial score (nSPS) is 13.9. The highest BCUT2D eigenvalue weighted by Crippen LogP contribution is 2.20. The van der Waals surface area contributed by atoms with Gasteiger partial charge in [-0.1, -0.05) is 6.92 Å². The van der Waals surface area contributed by atoms with E-state index in [-0.39, 0.29) is 0 Å². The summed E-state index contributed by atoms with van der Waals surface area (Å²) in [6.45, 7) is 2.68. The minimum absolute atomic E-state index is 0.302. The number of nitrogens with zero attached hydrogens (tertiary/aromatic N) is 2. The predicted octanol–water partition coefficient (Wildman–Crippen LogP) is 1.11. The second-order valence-corrected chi connectivity index (χ2v) is 7.07. The molecule has 0 amide bonds. The average Bonchev–Trinajstić information content (AvgIpc) is 2.64. The Hall–Kier alpha value is -1.40. The smallest absolute Gasteiger partial charge is 0.175 e. The van der Waals surface area contributed by atoms with E-state index < -0.39 is 9.84 Å². The van der Waals surface area contributed by atoms with Crippen LogP contribution >= 0.6 is 0 Å². The maximum Gasteiger partial charge on any atom is 0.175 e. The van der Waals surface area contributed by atoms with E-state index in [1.54, 1.807) is 18.2 Å². The Morgan fingerprint density at radius 1 is 1.42 bits per heavy atom. The van der Waals surface area contributed by atoms with Crippen molar-refractivity contribution in [1.29, 1.82) is 0 Å². The van der Waals surface area contributed by atoms with E-state index in [0.29, 0.717) is 22.9 Å². The third-order valence-electron chi connectivity index (χ3n) is 3.31. The first-order valence-electron chi connectivity index (χ1n) is 6.18. The lowest BCUT2D eigenvalue weighted by Gasteiger charge is -2.07. The van der Waals surface area contributed by atoms with Gasteiger partial charge in [0, 0.05) is 19.7 Å². The van der Waals surface area contributed by atoms with Crippen LogP contribution in [0.25, 0.3) is 11.0 Å². The minimum Gasteiger partial charge on any atom is -0.331 e. The summed E-state index contributed by atoms with van der Waals surface area (Å²) >= 11 is 0. The van der Waals surface area contributed by atoms with E-state index >= 15 is 0 Å². The van der Waals surface area contributed by atoms with Gasteiger partial charge in [-0.05, 0) is 30.7 Å². The highest BCUT2D eigenvalue weighted by atomic mass is 32.2. The maximum atomic E-state index is 11.5. The number of aryl methyl sites for hydroxylation is 1. The van der Waals surface area contributed by atoms with Gasteiger partial charge in [-0.3, -0.25) is 0 Å². The quantitative estimate of drug-likeness (QED) is 0.910. The Labute approximate surface area is 113 Å². The zero-order valence-electron chi connectivity index (χ0n) is 11.4. The SMILES string of the molecule is CC(CN)Cc1nc2cc(S(C)(=O)=O)ccc2n1C. The van der Waals surface area contributed by atoms with Crippen molar-refractivity contribution in [2.75, 3.05) is 12.8 Å². The topological polar surface area (TPSA) is 78.0 Å². The first kappa shape index (κ1) is 14.0. The summed E-state index contributed by atoms with van der Waals surface area (Å²) < 4.78 is 25.1. The van der Waals surface area contributed by atoms with Crippen molar-refractivity contribution in [1.82, 2.24) is 9.55 Å². The van der Waals surface area contributed by atoms with E-state index in [2.05, 4.69) is 11.9 Å². The summed E-state index contributed by atoms with van der Waals surface area (Å²) in [7, 11) is -1.26. The second-order valence-electron chi connectivity index (χ2n) is 5.05. The molecule has 6 heteroatoms. The Kier molecular flexibility index (Phi) is 3.64. The van der Waals surface area contributed by atoms with Crippen LogP contribution in [0.3, 0.4) is 0 Å². The van der Waals surface area contributed by atoms with Crippen LogP contribution in [-0.4, -0.2) is 30.8 Å². The van der Waals surface area contributed by atoms with Crippen LogP contribution in [0.2, 0.25) is 0 Å². The van der Waals surface area contributed by atoms with Crippen LogP contribution in [0.5, 0.6) is 0 Å². The third-order valence-corrected chi connectivity index (χ3v) is 4.42. The van der Waals surface area contributed by atoms with Crippen molar-refractivity contribution >= 4 is 20.9 Å². The molecule has 1 atom stereocenters. The summed E-state index contributed by atoms with van der Waals surface area (Å²) in [4.78, 5) is 4.82. The molecule has 5 nitrogen and oxygen atoms in total. The molecule has 1 aromatic carbocycles. The lowest BCUT2D eigenvalue weighted by atomic mass is 10.1. The van der Waals surface area contributed by atoms with Crippen LogP contribution < -0.4 is 5.73 Å². The Bertz CT molecular complexity index is 704. The van der Waals surface area contributed by atoms with E-state index in [1.807, 2.05) is 11.6 Å². The molecule has 1 unspecified atom stereocenters. The molecule has 0 fully saturated rings. The number of fused-ring (bicyclic) bond motifs is 1. The zero-order chi connectivity index (χ0) is 14.2. The number of sulfone groups is 1. The molecule has 0 bridgehead atoms. The highest BCUT2D eigenvalue weighted by Gasteiger charge is 2.13. The van der Waals surface area contributed by atoms with Crippen LogP contribution in [-0.2, 0) is 23.3 Å². The fourth-order valence-corrected chi connectivity index (χ4v) is 2.68. The zero-order valence-corrected chi connectivity index (χ0v) is 12.2. The van der Waals surface area contributed by atoms with Crippen molar-refractivity contribution in [3.63, 3.8) is 0 Å². The summed E-state index contributed by atoms with van der Waals surface area (Å²) in [6, 6.07) is 5.05. The number of imidazole rings is 1. The fourth-order valence-electron chi connectivity index (χ4n) is 2.04. The highest BCUT2D eigenvalue weighted by molar-refractivity contribution is 7.90. The lowest BCUT2D eigenvalue weighted by molar-refractivity contribution is 0.563. The van der Waals surface area contributed by atoms with Gasteiger partial charge in [-0.15, -0.1) is 0 Å². The largest absolute Gasteiger partial charge is 0.331 e. The molecule has 1 aromatic heterocycles. The number of nitrogens with two attached hydrogens (primary N) is 1. The fraction of sp³-hybridized carbons (Fsp3) is 0.462. The number of hydrogen-bond donors (Lipinski definition) is 1. The van der Waals surface area contributed by atoms with Crippen molar-refractivity contribution in [3.05, 3.63) is 24.0 Å². The molecule has 2 N–H and O–H groups in total. The molecule has 0 aliphatic rings. The van der Waals surface area contributed by atoms with Crippen molar-refractivity contribution in [2.45, 2.75) is 18.2 Å². The molecule has 2 aromatic rings. The van der Waals surface area contributed by atoms with Crippen LogP contribution in [0.4, 0.5) is 0 Å². The molecule has 19 heavy (non-hydrogen) atoms. The molecular formula is C13H19N3O2S. The van der Waals surface area contributed by atoms with Gasteiger partial charge in [0.05, 0.1) is 15.9 Å². The van der Waals surface area contributed by atoms with Gasteiger partial charge < -0.3 is 10.3 Å². The number of rotatable bonds is 4. The Morgan fingerprint density at radius 3 is 2.68 bits per heavy atom. The van der Waals surface area contributed by atoms with E-state index in [9.17, 15) is 8.42 Å². The first-order valence-corrected chi connectivity index (χ1v) is 8.07. The summed E-state index contributed by atoms with van der Waals surface area (Å²) in [5.74, 6) is 1.28. The van der Waals surface area contributed by atoms with Crippen LogP contribution in [0, 0.1) is 5.92 Å². The van der Waals surface area contributed by atoms with Crippen molar-refractivity contribution < 1.29 is 8.42 Å². The molecule has 2 rings (SSSR count). The number of aromatic nitrogens is 2. The number of benzene rings is 1. The third kappa shape index (κ3) is 2.79. The molecule has 0 aliphatic carbocycles. The molecule has 0 radical (unpaired) electrons. The van der Waals surface area contributed by atoms with E-state index in [0.717, 1.165) is 17.8 Å². The van der Waals surface area contributed by atoms with Crippen LogP contribution in [0.1, 0.15) is 12.7 Å². The van der Waals surface area contributed by atoms with Gasteiger partial charge in [-0.2, -0.15) is 0 Å². The van der Waals surface area contributed by atoms with Gasteiger partial charge in [0.1, 0.15) is 5.82 Å². The summed E-state index contributed by atoms with van der Waals surface area (Å²) in [6.07, 6.45) is 1.99. The maximum absolute atomic E-state index is 11.5. The van der Waals surface area contributed by atoms with Gasteiger partial charge in [0.15, 0.2) is 9.84 Å². The molecule has 0 saturated heterocycles. The average molecular weight is 281 g/mol. The molecule has 1 heterocycles. The summed E-state index contributed by atoms with van der Waals surface area (Å²) in [5, 5.41) is 0. The van der Waals surface area contributed by atoms with Gasteiger partial charge >= 0.3 is 0 Å². The first-order chi connectivity index (χ1) is 8.82. The summed E-state index contributed by atoms with van der Waals surface area (Å²) in [5.41, 5.74) is 7.28. The van der Waals surface area contributed by atoms with Crippen molar-refractivity contribution in [2.24, 2.45) is 18.7 Å². The molecular weight excluding hydrogens is 262 g/mol. The Balaban J connectivity index is 2.51. The molecule has 0 spiro atoms. The van der Waals surface area contributed by atoms with Gasteiger partial charge in [-0.25, -0.2) is 13.4 Å². The molecule has 0 aliphatic heterocycles. The van der Waals surface area contributed by atoms with Gasteiger partial charge in [0.2, 0.25) is 0 Å². The minimum atomic E-state index is -3.19. The van der Waals surface area contributed by atoms with Gasteiger partial charge in [0.25, 0.3) is 0 Å². The van der Waals surface area contributed by atoms with E-state index in [4.69, 9.17) is 5.73 Å². The van der Waals surface area contributed by atoms with Crippen molar-refractivity contribution in [3.8, 4) is 0 Å². The Morgan fingerprint density at radius 2 is 2.11 bits per heavy atom. The predicted molar refractivity (Wildman–Crippen MR) is 75.7 cm³/mol. The second kappa shape index (κ2) is 4.94. The standard InChI is InChI=1S/C13H19N3O2S/c1-9(8-14)6-13-15-11-7-10(19(3,17)18)4-5-12(11)16(13)2/h4-5,7,9H,6,8,14H2,1-3H3. The molecule has 0 saturated carbocycles. The molecule has 104 valence electrons. The lowest BCUT2D eigenvalue weighted by Crippen LogP contribution is -2.15.